The van der Waals surface area contributed by atoms with E-state index in [-0.39, 0.29) is 11.3 Å². The van der Waals surface area contributed by atoms with Gasteiger partial charge >= 0.3 is 5.97 Å². The number of esters is 1. The van der Waals surface area contributed by atoms with E-state index in [2.05, 4.69) is 15.9 Å². The Morgan fingerprint density at radius 2 is 1.63 bits per heavy atom. The van der Waals surface area contributed by atoms with Gasteiger partial charge in [-0.1, -0.05) is 52.3 Å². The molecule has 2 atom stereocenters. The monoisotopic (exact) mass is 427 g/mol. The zero-order valence-electron chi connectivity index (χ0n) is 14.6. The van der Waals surface area contributed by atoms with Gasteiger partial charge in [-0.05, 0) is 40.6 Å². The summed E-state index contributed by atoms with van der Waals surface area (Å²) in [6, 6.07) is 16.5. The molecular formula is C21H18BrNO4. The molecule has 0 aromatic heterocycles. The number of ether oxygens (including phenoxy) is 1. The summed E-state index contributed by atoms with van der Waals surface area (Å²) in [5.41, 5.74) is 6.90. The summed E-state index contributed by atoms with van der Waals surface area (Å²) in [6.07, 6.45) is 0. The number of methoxy groups -OCH3 is 1. The van der Waals surface area contributed by atoms with Crippen LogP contribution in [0.4, 0.5) is 0 Å². The number of aromatic hydroxyl groups is 1. The maximum Gasteiger partial charge on any atom is 0.318 e. The molecule has 0 aliphatic rings. The van der Waals surface area contributed by atoms with Crippen LogP contribution in [0, 0.1) is 5.92 Å². The molecule has 3 aromatic carbocycles. The molecule has 6 heteroatoms. The normalized spacial score (nSPS) is 13.1. The molecule has 0 heterocycles. The number of phenolic OH excluding ortho intramolecular Hbond substituents is 1. The van der Waals surface area contributed by atoms with Crippen molar-refractivity contribution in [1.29, 1.82) is 0 Å². The van der Waals surface area contributed by atoms with Crippen molar-refractivity contribution >= 4 is 38.5 Å². The minimum Gasteiger partial charge on any atom is -0.507 e. The van der Waals surface area contributed by atoms with E-state index in [1.807, 2.05) is 24.3 Å². The van der Waals surface area contributed by atoms with Gasteiger partial charge < -0.3 is 15.6 Å². The van der Waals surface area contributed by atoms with Crippen LogP contribution in [-0.2, 0) is 9.53 Å². The number of fused-ring (bicyclic) bond motifs is 1. The van der Waals surface area contributed by atoms with Crippen LogP contribution in [-0.4, -0.2) is 24.0 Å². The second-order valence-corrected chi connectivity index (χ2v) is 7.07. The first-order valence-corrected chi connectivity index (χ1v) is 9.06. The summed E-state index contributed by atoms with van der Waals surface area (Å²) in [5, 5.41) is 11.9. The van der Waals surface area contributed by atoms with Crippen LogP contribution >= 0.6 is 15.9 Å². The van der Waals surface area contributed by atoms with Crippen LogP contribution in [0.15, 0.2) is 65.1 Å². The smallest absolute Gasteiger partial charge is 0.318 e. The Kier molecular flexibility index (Phi) is 5.58. The Morgan fingerprint density at radius 3 is 2.22 bits per heavy atom. The predicted molar refractivity (Wildman–Crippen MR) is 107 cm³/mol. The highest BCUT2D eigenvalue weighted by Gasteiger charge is 2.36. The van der Waals surface area contributed by atoms with Crippen molar-refractivity contribution in [2.24, 2.45) is 11.7 Å². The Labute approximate surface area is 164 Å². The van der Waals surface area contributed by atoms with E-state index in [1.165, 1.54) is 13.2 Å². The fourth-order valence-corrected chi connectivity index (χ4v) is 3.28. The maximum atomic E-state index is 13.1. The number of Topliss-reactive ketones (excluding diaryl/α,β-unsaturated/α-hetero) is 1. The molecule has 3 rings (SSSR count). The summed E-state index contributed by atoms with van der Waals surface area (Å²) in [7, 11) is 1.21. The molecule has 0 bridgehead atoms. The van der Waals surface area contributed by atoms with Crippen LogP contribution in [0.2, 0.25) is 0 Å². The second kappa shape index (κ2) is 7.90. The number of carbonyl (C=O) groups excluding carboxylic acids is 2. The third kappa shape index (κ3) is 3.86. The first-order chi connectivity index (χ1) is 12.9. The summed E-state index contributed by atoms with van der Waals surface area (Å²) >= 11 is 3.34. The molecule has 0 aliphatic carbocycles. The topological polar surface area (TPSA) is 89.6 Å². The number of phenols is 1. The van der Waals surface area contributed by atoms with Crippen molar-refractivity contribution in [1.82, 2.24) is 0 Å². The minimum atomic E-state index is -1.27. The Bertz CT molecular complexity index is 1000. The van der Waals surface area contributed by atoms with Crippen molar-refractivity contribution in [3.05, 3.63) is 76.3 Å². The van der Waals surface area contributed by atoms with Gasteiger partial charge in [0.15, 0.2) is 5.78 Å². The van der Waals surface area contributed by atoms with Gasteiger partial charge in [0.2, 0.25) is 0 Å². The van der Waals surface area contributed by atoms with Gasteiger partial charge in [-0.15, -0.1) is 0 Å². The Morgan fingerprint density at radius 1 is 1.04 bits per heavy atom. The van der Waals surface area contributed by atoms with Gasteiger partial charge in [0.25, 0.3) is 0 Å². The average Bonchev–Trinajstić information content (AvgIpc) is 2.67. The Hall–Kier alpha value is -2.70. The standard InChI is InChI=1S/C21H18BrNO4/c1-27-21(26)18(19(23)12-6-8-15(22)9-7-12)20(25)16-10-13-4-2-3-5-14(13)11-17(16)24/h2-11,18-19,24H,23H2,1H3. The van der Waals surface area contributed by atoms with E-state index < -0.39 is 23.7 Å². The zero-order chi connectivity index (χ0) is 19.6. The molecule has 0 aliphatic heterocycles. The number of ketones is 1. The molecule has 0 amide bonds. The van der Waals surface area contributed by atoms with Crippen LogP contribution in [0.5, 0.6) is 5.75 Å². The molecule has 0 fully saturated rings. The first kappa shape index (κ1) is 19.1. The number of hydrogen-bond acceptors (Lipinski definition) is 5. The Balaban J connectivity index is 2.05. The van der Waals surface area contributed by atoms with Crippen molar-refractivity contribution in [2.45, 2.75) is 6.04 Å². The SMILES string of the molecule is COC(=O)C(C(=O)c1cc2ccccc2cc1O)C(N)c1ccc(Br)cc1. The van der Waals surface area contributed by atoms with Gasteiger partial charge in [-0.3, -0.25) is 9.59 Å². The minimum absolute atomic E-state index is 0.0386. The molecule has 0 saturated carbocycles. The fourth-order valence-electron chi connectivity index (χ4n) is 3.01. The molecule has 138 valence electrons. The van der Waals surface area contributed by atoms with E-state index in [4.69, 9.17) is 10.5 Å². The molecule has 27 heavy (non-hydrogen) atoms. The average molecular weight is 428 g/mol. The predicted octanol–water partition coefficient (Wildman–Crippen LogP) is 3.98. The first-order valence-electron chi connectivity index (χ1n) is 8.27. The summed E-state index contributed by atoms with van der Waals surface area (Å²) in [6.45, 7) is 0. The van der Waals surface area contributed by atoms with Crippen LogP contribution in [0.1, 0.15) is 22.0 Å². The molecule has 5 nitrogen and oxygen atoms in total. The summed E-state index contributed by atoms with van der Waals surface area (Å²) in [5.74, 6) is -2.80. The van der Waals surface area contributed by atoms with Crippen molar-refractivity contribution in [3.63, 3.8) is 0 Å². The third-order valence-corrected chi connectivity index (χ3v) is 5.01. The third-order valence-electron chi connectivity index (χ3n) is 4.48. The van der Waals surface area contributed by atoms with Crippen molar-refractivity contribution in [2.75, 3.05) is 7.11 Å². The number of benzene rings is 3. The highest BCUT2D eigenvalue weighted by Crippen LogP contribution is 2.31. The number of hydrogen-bond donors (Lipinski definition) is 2. The lowest BCUT2D eigenvalue weighted by atomic mass is 9.86. The van der Waals surface area contributed by atoms with Gasteiger partial charge in [0, 0.05) is 4.47 Å². The molecule has 0 spiro atoms. The van der Waals surface area contributed by atoms with E-state index >= 15 is 0 Å². The lowest BCUT2D eigenvalue weighted by Gasteiger charge is -2.21. The highest BCUT2D eigenvalue weighted by atomic mass is 79.9. The number of halogens is 1. The zero-order valence-corrected chi connectivity index (χ0v) is 16.1. The highest BCUT2D eigenvalue weighted by molar-refractivity contribution is 9.10. The summed E-state index contributed by atoms with van der Waals surface area (Å²) < 4.78 is 5.67. The lowest BCUT2D eigenvalue weighted by Crippen LogP contribution is -2.35. The number of carbonyl (C=O) groups is 2. The molecule has 2 unspecified atom stereocenters. The van der Waals surface area contributed by atoms with E-state index in [0.29, 0.717) is 5.56 Å². The lowest BCUT2D eigenvalue weighted by molar-refractivity contribution is -0.144. The number of nitrogens with two attached hydrogens (primary N) is 1. The number of rotatable bonds is 5. The largest absolute Gasteiger partial charge is 0.507 e. The van der Waals surface area contributed by atoms with E-state index in [0.717, 1.165) is 15.2 Å². The summed E-state index contributed by atoms with van der Waals surface area (Å²) in [4.78, 5) is 25.5. The van der Waals surface area contributed by atoms with Gasteiger partial charge in [-0.2, -0.15) is 0 Å². The van der Waals surface area contributed by atoms with E-state index in [9.17, 15) is 14.7 Å². The van der Waals surface area contributed by atoms with Gasteiger partial charge in [0.05, 0.1) is 18.7 Å². The van der Waals surface area contributed by atoms with Crippen LogP contribution in [0.3, 0.4) is 0 Å². The molecule has 3 aromatic rings. The van der Waals surface area contributed by atoms with Gasteiger partial charge in [-0.25, -0.2) is 0 Å². The molecule has 3 N–H and O–H groups in total. The second-order valence-electron chi connectivity index (χ2n) is 6.16. The molecule has 0 radical (unpaired) electrons. The van der Waals surface area contributed by atoms with E-state index in [1.54, 1.807) is 30.3 Å². The quantitative estimate of drug-likeness (QED) is 0.365. The molecule has 0 saturated heterocycles. The van der Waals surface area contributed by atoms with Crippen molar-refractivity contribution < 1.29 is 19.4 Å². The maximum absolute atomic E-state index is 13.1. The van der Waals surface area contributed by atoms with Crippen LogP contribution < -0.4 is 5.73 Å². The fraction of sp³-hybridized carbons (Fsp3) is 0.143. The van der Waals surface area contributed by atoms with Gasteiger partial charge in [0.1, 0.15) is 11.7 Å². The van der Waals surface area contributed by atoms with Crippen molar-refractivity contribution in [3.8, 4) is 5.75 Å². The van der Waals surface area contributed by atoms with Crippen LogP contribution in [0.25, 0.3) is 10.8 Å². The molecular weight excluding hydrogens is 410 g/mol.